The number of hydrogen-bond donors (Lipinski definition) is 1. The monoisotopic (exact) mass is 336 g/mol. The van der Waals surface area contributed by atoms with Crippen LogP contribution in [0.3, 0.4) is 0 Å². The fourth-order valence-electron chi connectivity index (χ4n) is 1.94. The van der Waals surface area contributed by atoms with E-state index in [0.717, 1.165) is 0 Å². The van der Waals surface area contributed by atoms with Crippen LogP contribution in [-0.2, 0) is 13.2 Å². The minimum absolute atomic E-state index is 0.121. The number of halogens is 3. The zero-order valence-electron chi connectivity index (χ0n) is 11.4. The first kappa shape index (κ1) is 16.3. The summed E-state index contributed by atoms with van der Waals surface area (Å²) < 4.78 is 12.6. The van der Waals surface area contributed by atoms with Gasteiger partial charge in [0.15, 0.2) is 0 Å². The molecule has 0 aromatic heterocycles. The van der Waals surface area contributed by atoms with Gasteiger partial charge in [0, 0.05) is 6.54 Å². The molecule has 0 fully saturated rings. The van der Waals surface area contributed by atoms with Crippen LogP contribution in [-0.4, -0.2) is 5.91 Å². The summed E-state index contributed by atoms with van der Waals surface area (Å²) in [6, 6.07) is 11.4. The minimum atomic E-state index is -0.642. The second kappa shape index (κ2) is 7.26. The number of carbonyl (C=O) groups excluding carboxylic acids is 1. The van der Waals surface area contributed by atoms with Crippen molar-refractivity contribution in [2.75, 3.05) is 0 Å². The molecule has 2 aromatic rings. The van der Waals surface area contributed by atoms with Crippen molar-refractivity contribution in [3.8, 4) is 6.07 Å². The first-order valence-electron chi connectivity index (χ1n) is 6.37. The fourth-order valence-corrected chi connectivity index (χ4v) is 2.51. The van der Waals surface area contributed by atoms with Gasteiger partial charge in [0.1, 0.15) is 6.67 Å². The van der Waals surface area contributed by atoms with Gasteiger partial charge in [-0.2, -0.15) is 5.26 Å². The second-order valence-electron chi connectivity index (χ2n) is 4.52. The zero-order valence-corrected chi connectivity index (χ0v) is 12.9. The van der Waals surface area contributed by atoms with Crippen LogP contribution in [0, 0.1) is 11.3 Å². The minimum Gasteiger partial charge on any atom is -0.348 e. The summed E-state index contributed by atoms with van der Waals surface area (Å²) in [5, 5.41) is 12.2. The highest BCUT2D eigenvalue weighted by molar-refractivity contribution is 6.39. The fraction of sp³-hybridized carbons (Fsp3) is 0.125. The van der Waals surface area contributed by atoms with Crippen molar-refractivity contribution >= 4 is 29.1 Å². The molecule has 0 unspecified atom stereocenters. The number of rotatable bonds is 4. The topological polar surface area (TPSA) is 52.9 Å². The summed E-state index contributed by atoms with van der Waals surface area (Å²) in [6.45, 7) is -0.521. The van der Waals surface area contributed by atoms with Gasteiger partial charge in [-0.05, 0) is 29.3 Å². The van der Waals surface area contributed by atoms with Crippen LogP contribution in [0.5, 0.6) is 0 Å². The molecule has 0 aliphatic rings. The highest BCUT2D eigenvalue weighted by Crippen LogP contribution is 2.24. The third-order valence-corrected chi connectivity index (χ3v) is 3.71. The molecule has 0 aliphatic carbocycles. The van der Waals surface area contributed by atoms with Gasteiger partial charge in [0.2, 0.25) is 0 Å². The number of nitrogens with zero attached hydrogens (tertiary/aromatic N) is 1. The van der Waals surface area contributed by atoms with Crippen LogP contribution in [0.15, 0.2) is 36.4 Å². The molecule has 0 aliphatic heterocycles. The molecule has 22 heavy (non-hydrogen) atoms. The number of amides is 1. The van der Waals surface area contributed by atoms with Gasteiger partial charge in [-0.3, -0.25) is 4.79 Å². The Hall–Kier alpha value is -2.09. The maximum absolute atomic E-state index is 12.6. The molecule has 0 atom stereocenters. The van der Waals surface area contributed by atoms with E-state index in [1.807, 2.05) is 6.07 Å². The maximum atomic E-state index is 12.6. The Bertz CT molecular complexity index is 736. The molecule has 0 spiro atoms. The van der Waals surface area contributed by atoms with E-state index in [-0.39, 0.29) is 22.2 Å². The summed E-state index contributed by atoms with van der Waals surface area (Å²) in [7, 11) is 0. The van der Waals surface area contributed by atoms with Crippen molar-refractivity contribution in [1.82, 2.24) is 5.32 Å². The van der Waals surface area contributed by atoms with Crippen molar-refractivity contribution in [3.63, 3.8) is 0 Å². The third-order valence-electron chi connectivity index (χ3n) is 3.08. The zero-order chi connectivity index (χ0) is 16.1. The largest absolute Gasteiger partial charge is 0.348 e. The Morgan fingerprint density at radius 2 is 1.91 bits per heavy atom. The average molecular weight is 337 g/mol. The lowest BCUT2D eigenvalue weighted by molar-refractivity contribution is 0.0951. The average Bonchev–Trinajstić information content (AvgIpc) is 2.52. The molecular formula is C16H11Cl2FN2O. The van der Waals surface area contributed by atoms with E-state index in [4.69, 9.17) is 28.5 Å². The van der Waals surface area contributed by atoms with Crippen LogP contribution in [0.2, 0.25) is 10.0 Å². The Morgan fingerprint density at radius 3 is 2.50 bits per heavy atom. The summed E-state index contributed by atoms with van der Waals surface area (Å²) in [5.41, 5.74) is 1.52. The number of carbonyl (C=O) groups is 1. The van der Waals surface area contributed by atoms with Crippen molar-refractivity contribution in [2.45, 2.75) is 13.2 Å². The molecule has 2 rings (SSSR count). The molecular weight excluding hydrogens is 326 g/mol. The Kier molecular flexibility index (Phi) is 5.37. The Balaban J connectivity index is 2.17. The standard InChI is InChI=1S/C16H11Cl2FN2O/c17-13-2-1-3-14(18)15(13)16(22)21-9-11-5-4-10(7-19)6-12(11)8-20/h1-6H,7,9H2,(H,21,22). The van der Waals surface area contributed by atoms with Gasteiger partial charge < -0.3 is 5.32 Å². The normalized spacial score (nSPS) is 10.1. The first-order valence-corrected chi connectivity index (χ1v) is 7.12. The Labute approximate surface area is 137 Å². The van der Waals surface area contributed by atoms with E-state index in [2.05, 4.69) is 5.32 Å². The first-order chi connectivity index (χ1) is 10.6. The molecule has 112 valence electrons. The summed E-state index contributed by atoms with van der Waals surface area (Å²) in [5.74, 6) is -0.436. The lowest BCUT2D eigenvalue weighted by atomic mass is 10.0. The van der Waals surface area contributed by atoms with E-state index >= 15 is 0 Å². The van der Waals surface area contributed by atoms with Gasteiger partial charge in [-0.15, -0.1) is 0 Å². The summed E-state index contributed by atoms with van der Waals surface area (Å²) in [6.07, 6.45) is 0. The molecule has 0 bridgehead atoms. The van der Waals surface area contributed by atoms with Gasteiger partial charge >= 0.3 is 0 Å². The summed E-state index contributed by atoms with van der Waals surface area (Å²) in [4.78, 5) is 12.2. The lowest BCUT2D eigenvalue weighted by Gasteiger charge is -2.10. The van der Waals surface area contributed by atoms with E-state index in [0.29, 0.717) is 16.7 Å². The van der Waals surface area contributed by atoms with Gasteiger partial charge in [0.25, 0.3) is 5.91 Å². The molecule has 6 heteroatoms. The number of benzene rings is 2. The van der Waals surface area contributed by atoms with Crippen molar-refractivity contribution in [3.05, 3.63) is 68.7 Å². The SMILES string of the molecule is N#Cc1cc(CF)ccc1CNC(=O)c1c(Cl)cccc1Cl. The van der Waals surface area contributed by atoms with E-state index < -0.39 is 12.6 Å². The second-order valence-corrected chi connectivity index (χ2v) is 5.33. The molecule has 0 heterocycles. The maximum Gasteiger partial charge on any atom is 0.254 e. The van der Waals surface area contributed by atoms with Gasteiger partial charge in [0.05, 0.1) is 27.2 Å². The van der Waals surface area contributed by atoms with Gasteiger partial charge in [-0.25, -0.2) is 4.39 Å². The van der Waals surface area contributed by atoms with E-state index in [1.54, 1.807) is 30.3 Å². The highest BCUT2D eigenvalue weighted by Gasteiger charge is 2.14. The Morgan fingerprint density at radius 1 is 1.23 bits per heavy atom. The molecule has 0 saturated carbocycles. The van der Waals surface area contributed by atoms with Crippen LogP contribution < -0.4 is 5.32 Å². The van der Waals surface area contributed by atoms with Crippen LogP contribution in [0.25, 0.3) is 0 Å². The van der Waals surface area contributed by atoms with E-state index in [9.17, 15) is 9.18 Å². The van der Waals surface area contributed by atoms with Crippen LogP contribution in [0.4, 0.5) is 4.39 Å². The van der Waals surface area contributed by atoms with Crippen molar-refractivity contribution < 1.29 is 9.18 Å². The molecule has 2 aromatic carbocycles. The molecule has 1 amide bonds. The number of nitriles is 1. The number of nitrogens with one attached hydrogen (secondary N) is 1. The predicted octanol–water partition coefficient (Wildman–Crippen LogP) is 4.26. The van der Waals surface area contributed by atoms with Crippen LogP contribution >= 0.6 is 23.2 Å². The van der Waals surface area contributed by atoms with Crippen molar-refractivity contribution in [1.29, 1.82) is 5.26 Å². The smallest absolute Gasteiger partial charge is 0.254 e. The van der Waals surface area contributed by atoms with Crippen molar-refractivity contribution in [2.24, 2.45) is 0 Å². The number of alkyl halides is 1. The molecule has 0 saturated heterocycles. The van der Waals surface area contributed by atoms with E-state index in [1.165, 1.54) is 6.07 Å². The lowest BCUT2D eigenvalue weighted by Crippen LogP contribution is -2.24. The third kappa shape index (κ3) is 3.56. The van der Waals surface area contributed by atoms with Gasteiger partial charge in [-0.1, -0.05) is 41.4 Å². The molecule has 0 radical (unpaired) electrons. The summed E-state index contributed by atoms with van der Waals surface area (Å²) >= 11 is 11.9. The predicted molar refractivity (Wildman–Crippen MR) is 83.6 cm³/mol. The molecule has 3 nitrogen and oxygen atoms in total. The van der Waals surface area contributed by atoms with Crippen LogP contribution in [0.1, 0.15) is 27.0 Å². The highest BCUT2D eigenvalue weighted by atomic mass is 35.5. The number of hydrogen-bond acceptors (Lipinski definition) is 2. The molecule has 1 N–H and O–H groups in total. The quantitative estimate of drug-likeness (QED) is 0.906.